The van der Waals surface area contributed by atoms with Crippen molar-refractivity contribution in [1.29, 1.82) is 0 Å². The summed E-state index contributed by atoms with van der Waals surface area (Å²) < 4.78 is 5.70. The van der Waals surface area contributed by atoms with Gasteiger partial charge >= 0.3 is 0 Å². The fraction of sp³-hybridized carbons (Fsp3) is 1.00. The number of hydrogen-bond donors (Lipinski definition) is 1. The van der Waals surface area contributed by atoms with Gasteiger partial charge in [0.25, 0.3) is 0 Å². The van der Waals surface area contributed by atoms with E-state index < -0.39 is 0 Å². The van der Waals surface area contributed by atoms with Gasteiger partial charge < -0.3 is 15.4 Å². The summed E-state index contributed by atoms with van der Waals surface area (Å²) in [5, 5.41) is 0. The van der Waals surface area contributed by atoms with Crippen LogP contribution in [0.3, 0.4) is 0 Å². The average molecular weight is 238 g/mol. The number of hydrogen-bond acceptors (Lipinski definition) is 3. The molecule has 17 heavy (non-hydrogen) atoms. The molecule has 1 aliphatic carbocycles. The highest BCUT2D eigenvalue weighted by molar-refractivity contribution is 4.93. The van der Waals surface area contributed by atoms with Crippen LogP contribution >= 0.6 is 0 Å². The van der Waals surface area contributed by atoms with E-state index in [0.29, 0.717) is 12.1 Å². The summed E-state index contributed by atoms with van der Waals surface area (Å²) in [4.78, 5) is 2.64. The first-order valence-corrected chi connectivity index (χ1v) is 7.42. The molecule has 98 valence electrons. The van der Waals surface area contributed by atoms with Crippen LogP contribution in [0.25, 0.3) is 0 Å². The Labute approximate surface area is 105 Å². The second kappa shape index (κ2) is 5.25. The Morgan fingerprint density at radius 1 is 1.12 bits per heavy atom. The number of fused-ring (bicyclic) bond motifs is 1. The van der Waals surface area contributed by atoms with Crippen molar-refractivity contribution in [2.24, 2.45) is 17.6 Å². The fourth-order valence-electron chi connectivity index (χ4n) is 3.99. The zero-order chi connectivity index (χ0) is 11.7. The third-order valence-corrected chi connectivity index (χ3v) is 5.02. The number of nitrogens with zero attached hydrogens (tertiary/aromatic N) is 1. The molecule has 2 N–H and O–H groups in total. The first-order valence-electron chi connectivity index (χ1n) is 7.42. The summed E-state index contributed by atoms with van der Waals surface area (Å²) in [5.74, 6) is 1.68. The minimum absolute atomic E-state index is 0.474. The molecule has 3 nitrogen and oxygen atoms in total. The molecule has 4 unspecified atom stereocenters. The van der Waals surface area contributed by atoms with E-state index in [1.165, 1.54) is 58.2 Å². The fourth-order valence-corrected chi connectivity index (χ4v) is 3.99. The van der Waals surface area contributed by atoms with Crippen LogP contribution in [0.4, 0.5) is 0 Å². The van der Waals surface area contributed by atoms with E-state index in [0.717, 1.165) is 18.4 Å². The highest BCUT2D eigenvalue weighted by Crippen LogP contribution is 2.35. The molecule has 0 aromatic heterocycles. The Hall–Kier alpha value is -0.120. The quantitative estimate of drug-likeness (QED) is 0.812. The smallest absolute Gasteiger partial charge is 0.0588 e. The van der Waals surface area contributed by atoms with E-state index in [1.54, 1.807) is 0 Å². The van der Waals surface area contributed by atoms with E-state index >= 15 is 0 Å². The first-order chi connectivity index (χ1) is 8.33. The average Bonchev–Trinajstić information content (AvgIpc) is 2.95. The number of nitrogens with two attached hydrogens (primary N) is 1. The van der Waals surface area contributed by atoms with Crippen LogP contribution in [0.1, 0.15) is 38.5 Å². The maximum Gasteiger partial charge on any atom is 0.0588 e. The lowest BCUT2D eigenvalue weighted by molar-refractivity contribution is 0.0942. The van der Waals surface area contributed by atoms with Gasteiger partial charge in [-0.05, 0) is 43.9 Å². The standard InChI is InChI=1S/C14H26N2O/c15-14-5-1-3-11-9-16(10-13(11)14)7-6-12-4-2-8-17-12/h11-14H,1-10,15H2. The normalized spacial score (nSPS) is 42.9. The monoisotopic (exact) mass is 238 g/mol. The molecule has 2 aliphatic heterocycles. The SMILES string of the molecule is NC1CCCC2CN(CCC3CCCO3)CC12. The Morgan fingerprint density at radius 2 is 2.06 bits per heavy atom. The summed E-state index contributed by atoms with van der Waals surface area (Å²) in [6.45, 7) is 4.76. The molecular weight excluding hydrogens is 212 g/mol. The molecule has 3 rings (SSSR count). The summed E-state index contributed by atoms with van der Waals surface area (Å²) >= 11 is 0. The molecule has 3 fully saturated rings. The van der Waals surface area contributed by atoms with Crippen LogP contribution in [0.2, 0.25) is 0 Å². The van der Waals surface area contributed by atoms with Crippen molar-refractivity contribution in [3.05, 3.63) is 0 Å². The van der Waals surface area contributed by atoms with Gasteiger partial charge in [0, 0.05) is 32.3 Å². The lowest BCUT2D eigenvalue weighted by Gasteiger charge is -2.29. The minimum atomic E-state index is 0.474. The van der Waals surface area contributed by atoms with Gasteiger partial charge in [0.15, 0.2) is 0 Å². The Balaban J connectivity index is 1.46. The molecule has 1 saturated carbocycles. The van der Waals surface area contributed by atoms with Crippen LogP contribution in [-0.2, 0) is 4.74 Å². The zero-order valence-electron chi connectivity index (χ0n) is 10.8. The lowest BCUT2D eigenvalue weighted by atomic mass is 9.78. The summed E-state index contributed by atoms with van der Waals surface area (Å²) in [6.07, 6.45) is 8.33. The van der Waals surface area contributed by atoms with Gasteiger partial charge in [-0.3, -0.25) is 0 Å². The molecule has 2 saturated heterocycles. The summed E-state index contributed by atoms with van der Waals surface area (Å²) in [5.41, 5.74) is 6.25. The Bertz CT molecular complexity index is 253. The lowest BCUT2D eigenvalue weighted by Crippen LogP contribution is -2.38. The number of rotatable bonds is 3. The van der Waals surface area contributed by atoms with Crippen molar-refractivity contribution in [3.8, 4) is 0 Å². The molecule has 0 amide bonds. The van der Waals surface area contributed by atoms with Crippen LogP contribution in [0.15, 0.2) is 0 Å². The molecule has 0 spiro atoms. The highest BCUT2D eigenvalue weighted by Gasteiger charge is 2.38. The van der Waals surface area contributed by atoms with E-state index in [9.17, 15) is 0 Å². The topological polar surface area (TPSA) is 38.5 Å². The van der Waals surface area contributed by atoms with Gasteiger partial charge in [0.05, 0.1) is 6.10 Å². The summed E-state index contributed by atoms with van der Waals surface area (Å²) in [6, 6.07) is 0.474. The zero-order valence-corrected chi connectivity index (χ0v) is 10.8. The third kappa shape index (κ3) is 2.67. The van der Waals surface area contributed by atoms with Crippen molar-refractivity contribution < 1.29 is 4.74 Å². The van der Waals surface area contributed by atoms with Crippen LogP contribution < -0.4 is 5.73 Å². The van der Waals surface area contributed by atoms with E-state index in [-0.39, 0.29) is 0 Å². The minimum Gasteiger partial charge on any atom is -0.378 e. The molecule has 0 aromatic carbocycles. The van der Waals surface area contributed by atoms with E-state index in [2.05, 4.69) is 4.90 Å². The highest BCUT2D eigenvalue weighted by atomic mass is 16.5. The van der Waals surface area contributed by atoms with E-state index in [4.69, 9.17) is 10.5 Å². The maximum absolute atomic E-state index is 6.25. The number of ether oxygens (including phenoxy) is 1. The predicted molar refractivity (Wildman–Crippen MR) is 68.8 cm³/mol. The maximum atomic E-state index is 6.25. The van der Waals surface area contributed by atoms with Crippen molar-refractivity contribution in [2.45, 2.75) is 50.7 Å². The van der Waals surface area contributed by atoms with Gasteiger partial charge in [0.2, 0.25) is 0 Å². The molecular formula is C14H26N2O. The van der Waals surface area contributed by atoms with Gasteiger partial charge in [-0.2, -0.15) is 0 Å². The second-order valence-corrected chi connectivity index (χ2v) is 6.20. The van der Waals surface area contributed by atoms with E-state index in [1.807, 2.05) is 0 Å². The third-order valence-electron chi connectivity index (χ3n) is 5.02. The van der Waals surface area contributed by atoms with Gasteiger partial charge in [-0.25, -0.2) is 0 Å². The van der Waals surface area contributed by atoms with Crippen molar-refractivity contribution in [3.63, 3.8) is 0 Å². The molecule has 4 atom stereocenters. The Morgan fingerprint density at radius 3 is 2.82 bits per heavy atom. The van der Waals surface area contributed by atoms with Crippen LogP contribution in [0.5, 0.6) is 0 Å². The summed E-state index contributed by atoms with van der Waals surface area (Å²) in [7, 11) is 0. The van der Waals surface area contributed by atoms with Gasteiger partial charge in [0.1, 0.15) is 0 Å². The molecule has 0 radical (unpaired) electrons. The van der Waals surface area contributed by atoms with Crippen LogP contribution in [0, 0.1) is 11.8 Å². The first kappa shape index (κ1) is 11.9. The van der Waals surface area contributed by atoms with Crippen molar-refractivity contribution in [1.82, 2.24) is 4.90 Å². The van der Waals surface area contributed by atoms with Crippen molar-refractivity contribution >= 4 is 0 Å². The van der Waals surface area contributed by atoms with Gasteiger partial charge in [-0.15, -0.1) is 0 Å². The molecule has 0 aromatic rings. The molecule has 0 bridgehead atoms. The van der Waals surface area contributed by atoms with Gasteiger partial charge in [-0.1, -0.05) is 6.42 Å². The number of likely N-dealkylation sites (tertiary alicyclic amines) is 1. The second-order valence-electron chi connectivity index (χ2n) is 6.20. The Kier molecular flexibility index (Phi) is 3.69. The molecule has 3 aliphatic rings. The molecule has 2 heterocycles. The predicted octanol–water partition coefficient (Wildman–Crippen LogP) is 1.61. The van der Waals surface area contributed by atoms with Crippen LogP contribution in [-0.4, -0.2) is 43.3 Å². The van der Waals surface area contributed by atoms with Crippen molar-refractivity contribution in [2.75, 3.05) is 26.2 Å². The molecule has 3 heteroatoms. The largest absolute Gasteiger partial charge is 0.378 e.